The molecule has 9 nitrogen and oxygen atoms in total. The Labute approximate surface area is 188 Å². The Morgan fingerprint density at radius 1 is 0.800 bits per heavy atom. The topological polar surface area (TPSA) is 147 Å². The SMILES string of the molecule is O=[N+](Nc1cccc(S(=O)(=O)[O-])c1)c1cccc(S(=O)(=O)[O-])c1.[Na+].[Na+]. The number of nitrogens with zero attached hydrogens (tertiary/aromatic N) is 1. The minimum Gasteiger partial charge on any atom is -0.744 e. The van der Waals surface area contributed by atoms with Gasteiger partial charge in [-0.05, 0) is 24.3 Å². The Bertz CT molecular complexity index is 978. The first-order valence-electron chi connectivity index (χ1n) is 5.93. The molecule has 0 radical (unpaired) electrons. The fourth-order valence-electron chi connectivity index (χ4n) is 1.67. The molecule has 0 saturated carbocycles. The van der Waals surface area contributed by atoms with Gasteiger partial charge >= 0.3 is 59.1 Å². The summed E-state index contributed by atoms with van der Waals surface area (Å²) in [5.74, 6) is 0. The van der Waals surface area contributed by atoms with Gasteiger partial charge in [0.05, 0.1) is 14.7 Å². The number of hydrazine groups is 1. The van der Waals surface area contributed by atoms with Gasteiger partial charge in [-0.25, -0.2) is 16.8 Å². The van der Waals surface area contributed by atoms with Gasteiger partial charge in [0, 0.05) is 12.1 Å². The van der Waals surface area contributed by atoms with Crippen LogP contribution in [-0.4, -0.2) is 30.8 Å². The molecule has 0 heterocycles. The van der Waals surface area contributed by atoms with Gasteiger partial charge in [-0.1, -0.05) is 12.1 Å². The summed E-state index contributed by atoms with van der Waals surface area (Å²) in [4.78, 5) is 10.9. The number of anilines is 1. The normalized spacial score (nSPS) is 11.0. The van der Waals surface area contributed by atoms with Gasteiger partial charge in [-0.3, -0.25) is 0 Å². The Balaban J connectivity index is 0.00000288. The minimum atomic E-state index is -4.72. The summed E-state index contributed by atoms with van der Waals surface area (Å²) in [5.41, 5.74) is 2.02. The average molecular weight is 403 g/mol. The summed E-state index contributed by atoms with van der Waals surface area (Å²) >= 11 is 0. The fourth-order valence-corrected chi connectivity index (χ4v) is 2.70. The Morgan fingerprint density at radius 2 is 1.28 bits per heavy atom. The number of nitroso groups, excluding NO2 is 1. The van der Waals surface area contributed by atoms with E-state index in [4.69, 9.17) is 0 Å². The second-order valence-electron chi connectivity index (χ2n) is 4.34. The van der Waals surface area contributed by atoms with E-state index < -0.39 is 30.0 Å². The second-order valence-corrected chi connectivity index (χ2v) is 7.10. The van der Waals surface area contributed by atoms with Crippen molar-refractivity contribution in [2.24, 2.45) is 0 Å². The zero-order valence-electron chi connectivity index (χ0n) is 13.2. The summed E-state index contributed by atoms with van der Waals surface area (Å²) in [6.07, 6.45) is 0. The van der Waals surface area contributed by atoms with Crippen LogP contribution in [0, 0.1) is 4.91 Å². The van der Waals surface area contributed by atoms with Gasteiger partial charge in [0.25, 0.3) is 5.69 Å². The van der Waals surface area contributed by atoms with Crippen molar-refractivity contribution in [3.8, 4) is 0 Å². The van der Waals surface area contributed by atoms with Gasteiger partial charge < -0.3 is 9.11 Å². The minimum absolute atomic E-state index is 0. The molecule has 122 valence electrons. The molecule has 25 heavy (non-hydrogen) atoms. The largest absolute Gasteiger partial charge is 1.00 e. The summed E-state index contributed by atoms with van der Waals surface area (Å²) in [5, 5.41) is 0. The van der Waals surface area contributed by atoms with Crippen molar-refractivity contribution >= 4 is 31.6 Å². The molecule has 0 amide bonds. The maximum atomic E-state index is 11.9. The molecule has 0 aliphatic heterocycles. The van der Waals surface area contributed by atoms with E-state index in [1.165, 1.54) is 24.3 Å². The van der Waals surface area contributed by atoms with Gasteiger partial charge in [-0.2, -0.15) is 0 Å². The molecule has 0 aliphatic rings. The molecule has 0 fully saturated rings. The van der Waals surface area contributed by atoms with Gasteiger partial charge in [0.2, 0.25) is 0 Å². The number of nitrogens with one attached hydrogen (secondary N) is 1. The van der Waals surface area contributed by atoms with Crippen molar-refractivity contribution in [3.63, 3.8) is 0 Å². The van der Waals surface area contributed by atoms with Crippen LogP contribution >= 0.6 is 0 Å². The predicted molar refractivity (Wildman–Crippen MR) is 75.7 cm³/mol. The number of hydrogen-bond donors (Lipinski definition) is 1. The molecular weight excluding hydrogens is 394 g/mol. The first-order chi connectivity index (χ1) is 10.6. The van der Waals surface area contributed by atoms with E-state index in [9.17, 15) is 30.8 Å². The molecule has 2 rings (SSSR count). The number of benzene rings is 2. The summed E-state index contributed by atoms with van der Waals surface area (Å²) < 4.78 is 65.5. The average Bonchev–Trinajstić information content (AvgIpc) is 2.46. The second kappa shape index (κ2) is 9.55. The van der Waals surface area contributed by atoms with Crippen LogP contribution < -0.4 is 64.5 Å². The van der Waals surface area contributed by atoms with Crippen LogP contribution in [0.25, 0.3) is 0 Å². The van der Waals surface area contributed by atoms with Gasteiger partial charge in [-0.15, -0.1) is 5.43 Å². The van der Waals surface area contributed by atoms with E-state index in [1.807, 2.05) is 0 Å². The van der Waals surface area contributed by atoms with Crippen LogP contribution in [-0.2, 0) is 20.2 Å². The van der Waals surface area contributed by atoms with E-state index in [-0.39, 0.29) is 75.4 Å². The van der Waals surface area contributed by atoms with Gasteiger partial charge in [0.1, 0.15) is 25.9 Å². The Morgan fingerprint density at radius 3 is 1.80 bits per heavy atom. The van der Waals surface area contributed by atoms with Crippen LogP contribution in [0.2, 0.25) is 0 Å². The molecule has 0 aromatic heterocycles. The van der Waals surface area contributed by atoms with Crippen molar-refractivity contribution in [1.82, 2.24) is 0 Å². The number of hydrogen-bond acceptors (Lipinski definition) is 7. The molecular formula is C12H9N2Na2O7S2+. The molecule has 2 aromatic carbocycles. The van der Waals surface area contributed by atoms with Gasteiger partial charge in [0.15, 0.2) is 4.87 Å². The van der Waals surface area contributed by atoms with Crippen molar-refractivity contribution in [2.75, 3.05) is 5.43 Å². The first-order valence-corrected chi connectivity index (χ1v) is 8.75. The first kappa shape index (κ1) is 24.7. The molecule has 0 unspecified atom stereocenters. The molecule has 2 aromatic rings. The summed E-state index contributed by atoms with van der Waals surface area (Å²) in [7, 11) is -9.40. The van der Waals surface area contributed by atoms with Crippen molar-refractivity contribution in [2.45, 2.75) is 9.79 Å². The zero-order chi connectivity index (χ0) is 17.3. The van der Waals surface area contributed by atoms with Crippen molar-refractivity contribution in [1.29, 1.82) is 0 Å². The maximum Gasteiger partial charge on any atom is 1.00 e. The molecule has 0 atom stereocenters. The van der Waals surface area contributed by atoms with E-state index in [0.29, 0.717) is 0 Å². The van der Waals surface area contributed by atoms with Crippen molar-refractivity contribution in [3.05, 3.63) is 53.4 Å². The Hall–Kier alpha value is -0.340. The number of rotatable bonds is 5. The molecule has 1 N–H and O–H groups in total. The maximum absolute atomic E-state index is 11.9. The summed E-state index contributed by atoms with van der Waals surface area (Å²) in [6.45, 7) is 0. The third-order valence-corrected chi connectivity index (χ3v) is 4.36. The van der Waals surface area contributed by atoms with E-state index in [0.717, 1.165) is 24.3 Å². The van der Waals surface area contributed by atoms with Crippen LogP contribution in [0.3, 0.4) is 0 Å². The van der Waals surface area contributed by atoms with Crippen LogP contribution in [0.1, 0.15) is 0 Å². The third-order valence-electron chi connectivity index (χ3n) is 2.69. The standard InChI is InChI=1S/C12H10N2O7S2.2Na/c15-14(10-4-2-6-12(8-10)23(19,20)21)13-9-3-1-5-11(7-9)22(16,17)18;;/h1-8H,(H2-,13,15,16,17,18,19,20,21);;/q;2*+1/p-1. The smallest absolute Gasteiger partial charge is 0.744 e. The summed E-state index contributed by atoms with van der Waals surface area (Å²) in [6, 6.07) is 8.91. The molecule has 13 heteroatoms. The van der Waals surface area contributed by atoms with Crippen LogP contribution in [0.15, 0.2) is 58.3 Å². The quantitative estimate of drug-likeness (QED) is 0.226. The third kappa shape index (κ3) is 7.06. The van der Waals surface area contributed by atoms with Crippen LogP contribution in [0.4, 0.5) is 11.4 Å². The molecule has 0 saturated heterocycles. The van der Waals surface area contributed by atoms with E-state index in [1.54, 1.807) is 0 Å². The molecule has 0 bridgehead atoms. The van der Waals surface area contributed by atoms with Crippen LogP contribution in [0.5, 0.6) is 0 Å². The monoisotopic (exact) mass is 403 g/mol. The predicted octanol–water partition coefficient (Wildman–Crippen LogP) is -5.06. The van der Waals surface area contributed by atoms with E-state index >= 15 is 0 Å². The Kier molecular flexibility index (Phi) is 9.42. The molecule has 0 aliphatic carbocycles. The fraction of sp³-hybridized carbons (Fsp3) is 0. The molecule has 0 spiro atoms. The van der Waals surface area contributed by atoms with E-state index in [2.05, 4.69) is 5.43 Å². The van der Waals surface area contributed by atoms with Crippen molar-refractivity contribution < 1.29 is 89.9 Å². The zero-order valence-corrected chi connectivity index (χ0v) is 18.9.